The number of aliphatic hydroxyl groups excluding tert-OH is 1. The van der Waals surface area contributed by atoms with Gasteiger partial charge < -0.3 is 5.11 Å². The minimum absolute atomic E-state index is 0.0300. The number of aromatic nitrogens is 1. The van der Waals surface area contributed by atoms with Gasteiger partial charge in [-0.2, -0.15) is 0 Å². The molecule has 8 heteroatoms. The number of anilines is 1. The number of halogens is 1. The number of hydrogen-bond acceptors (Lipinski definition) is 6. The maximum Gasteiger partial charge on any atom is 0.301 e. The van der Waals surface area contributed by atoms with Gasteiger partial charge in [-0.05, 0) is 59.8 Å². The second-order valence-electron chi connectivity index (χ2n) is 7.34. The lowest BCUT2D eigenvalue weighted by Crippen LogP contribution is -2.28. The highest BCUT2D eigenvalue weighted by atomic mass is 32.1. The standard InChI is InChI=1S/C24H17FN2O3S2/c1-2-13-5-10-16-18(12-13)32-24(26-16)27-20(17-4-3-11-31-17)19(22(29)23(27)30)21(28)14-6-8-15(25)9-7-14/h3-12,20,28H,2H2,1H3/t20-/m0/s1. The van der Waals surface area contributed by atoms with E-state index >= 15 is 0 Å². The van der Waals surface area contributed by atoms with Crippen molar-refractivity contribution in [2.24, 2.45) is 0 Å². The Labute approximate surface area is 191 Å². The second kappa shape index (κ2) is 7.96. The molecule has 0 saturated carbocycles. The molecule has 0 spiro atoms. The summed E-state index contributed by atoms with van der Waals surface area (Å²) in [5.41, 5.74) is 2.13. The van der Waals surface area contributed by atoms with Crippen LogP contribution in [-0.4, -0.2) is 21.8 Å². The number of aryl methyl sites for hydroxylation is 1. The molecule has 1 saturated heterocycles. The van der Waals surface area contributed by atoms with Crippen molar-refractivity contribution in [3.63, 3.8) is 0 Å². The average molecular weight is 465 g/mol. The van der Waals surface area contributed by atoms with Gasteiger partial charge in [0.2, 0.25) is 0 Å². The second-order valence-corrected chi connectivity index (χ2v) is 9.33. The van der Waals surface area contributed by atoms with E-state index in [1.54, 1.807) is 0 Å². The predicted octanol–water partition coefficient (Wildman–Crippen LogP) is 5.69. The van der Waals surface area contributed by atoms with Crippen LogP contribution in [0, 0.1) is 5.82 Å². The lowest BCUT2D eigenvalue weighted by atomic mass is 10.00. The first-order valence-corrected chi connectivity index (χ1v) is 11.7. The summed E-state index contributed by atoms with van der Waals surface area (Å²) in [6, 6.07) is 13.9. The minimum atomic E-state index is -0.814. The van der Waals surface area contributed by atoms with Crippen LogP contribution in [0.15, 0.2) is 65.6 Å². The molecule has 1 amide bonds. The molecule has 1 aliphatic rings. The van der Waals surface area contributed by atoms with Crippen molar-refractivity contribution in [3.8, 4) is 0 Å². The van der Waals surface area contributed by atoms with Crippen LogP contribution in [0.5, 0.6) is 0 Å². The van der Waals surface area contributed by atoms with Crippen LogP contribution in [-0.2, 0) is 16.0 Å². The van der Waals surface area contributed by atoms with Gasteiger partial charge in [-0.25, -0.2) is 9.37 Å². The van der Waals surface area contributed by atoms with Crippen LogP contribution >= 0.6 is 22.7 Å². The zero-order valence-electron chi connectivity index (χ0n) is 16.9. The van der Waals surface area contributed by atoms with Crippen LogP contribution in [0.25, 0.3) is 16.0 Å². The molecule has 32 heavy (non-hydrogen) atoms. The van der Waals surface area contributed by atoms with Gasteiger partial charge >= 0.3 is 5.91 Å². The van der Waals surface area contributed by atoms with Gasteiger partial charge in [-0.15, -0.1) is 11.3 Å². The van der Waals surface area contributed by atoms with Crippen LogP contribution in [0.1, 0.15) is 29.0 Å². The van der Waals surface area contributed by atoms with Crippen molar-refractivity contribution in [1.82, 2.24) is 4.98 Å². The average Bonchev–Trinajstić information content (AvgIpc) is 3.52. The number of Topliss-reactive ketones (excluding diaryl/α,β-unsaturated/α-hetero) is 1. The molecule has 3 heterocycles. The maximum absolute atomic E-state index is 13.4. The molecular weight excluding hydrogens is 447 g/mol. The van der Waals surface area contributed by atoms with Crippen molar-refractivity contribution < 1.29 is 19.1 Å². The quantitative estimate of drug-likeness (QED) is 0.239. The normalized spacial score (nSPS) is 18.1. The van der Waals surface area contributed by atoms with Crippen LogP contribution in [0.4, 0.5) is 9.52 Å². The van der Waals surface area contributed by atoms with E-state index in [1.807, 2.05) is 35.7 Å². The number of rotatable bonds is 4. The van der Waals surface area contributed by atoms with Gasteiger partial charge in [-0.3, -0.25) is 14.5 Å². The van der Waals surface area contributed by atoms with Crippen molar-refractivity contribution in [3.05, 3.63) is 87.4 Å². The predicted molar refractivity (Wildman–Crippen MR) is 124 cm³/mol. The van der Waals surface area contributed by atoms with Crippen LogP contribution < -0.4 is 4.90 Å². The number of amides is 1. The maximum atomic E-state index is 13.4. The van der Waals surface area contributed by atoms with Crippen LogP contribution in [0.3, 0.4) is 0 Å². The van der Waals surface area contributed by atoms with E-state index in [9.17, 15) is 19.1 Å². The SMILES string of the molecule is CCc1ccc2nc(N3C(=O)C(=O)C(=C(O)c4ccc(F)cc4)[C@@H]3c3cccs3)sc2c1. The highest BCUT2D eigenvalue weighted by Gasteiger charge is 2.48. The fourth-order valence-corrected chi connectivity index (χ4v) is 5.67. The van der Waals surface area contributed by atoms with Gasteiger partial charge in [0.25, 0.3) is 5.78 Å². The lowest BCUT2D eigenvalue weighted by Gasteiger charge is -2.21. The fourth-order valence-electron chi connectivity index (χ4n) is 3.79. The van der Waals surface area contributed by atoms with E-state index in [-0.39, 0.29) is 16.9 Å². The number of fused-ring (bicyclic) bond motifs is 1. The van der Waals surface area contributed by atoms with Crippen molar-refractivity contribution in [2.75, 3.05) is 4.90 Å². The Morgan fingerprint density at radius 2 is 1.94 bits per heavy atom. The highest BCUT2D eigenvalue weighted by Crippen LogP contribution is 2.45. The Hall–Kier alpha value is -3.36. The van der Waals surface area contributed by atoms with Gasteiger partial charge in [-0.1, -0.05) is 30.4 Å². The molecule has 5 nitrogen and oxygen atoms in total. The summed E-state index contributed by atoms with van der Waals surface area (Å²) in [6.07, 6.45) is 0.876. The Kier molecular flexibility index (Phi) is 5.11. The molecule has 2 aromatic carbocycles. The molecule has 0 radical (unpaired) electrons. The fraction of sp³-hybridized carbons (Fsp3) is 0.125. The Morgan fingerprint density at radius 1 is 1.16 bits per heavy atom. The van der Waals surface area contributed by atoms with E-state index in [4.69, 9.17) is 0 Å². The van der Waals surface area contributed by atoms with E-state index in [1.165, 1.54) is 51.8 Å². The first-order chi connectivity index (χ1) is 15.5. The number of carbonyl (C=O) groups excluding carboxylic acids is 2. The molecule has 1 fully saturated rings. The third-order valence-electron chi connectivity index (χ3n) is 5.43. The number of nitrogens with zero attached hydrogens (tertiary/aromatic N) is 2. The Bertz CT molecular complexity index is 1370. The zero-order valence-corrected chi connectivity index (χ0v) is 18.5. The summed E-state index contributed by atoms with van der Waals surface area (Å²) in [5.74, 6) is -2.34. The van der Waals surface area contributed by atoms with Crippen molar-refractivity contribution in [2.45, 2.75) is 19.4 Å². The number of carbonyl (C=O) groups is 2. The molecule has 4 aromatic rings. The summed E-state index contributed by atoms with van der Waals surface area (Å²) >= 11 is 2.71. The molecule has 0 aliphatic carbocycles. The van der Waals surface area contributed by atoms with Gasteiger partial charge in [0.15, 0.2) is 5.13 Å². The van der Waals surface area contributed by atoms with Crippen molar-refractivity contribution in [1.29, 1.82) is 0 Å². The smallest absolute Gasteiger partial charge is 0.301 e. The summed E-state index contributed by atoms with van der Waals surface area (Å²) in [7, 11) is 0. The molecule has 160 valence electrons. The first-order valence-electron chi connectivity index (χ1n) is 9.97. The third-order valence-corrected chi connectivity index (χ3v) is 7.37. The number of thiazole rings is 1. The van der Waals surface area contributed by atoms with Crippen LogP contribution in [0.2, 0.25) is 0 Å². The number of aliphatic hydroxyl groups is 1. The van der Waals surface area contributed by atoms with E-state index in [0.717, 1.165) is 27.1 Å². The number of benzene rings is 2. The summed E-state index contributed by atoms with van der Waals surface area (Å²) in [4.78, 5) is 32.9. The summed E-state index contributed by atoms with van der Waals surface area (Å²) < 4.78 is 14.3. The highest BCUT2D eigenvalue weighted by molar-refractivity contribution is 7.22. The summed E-state index contributed by atoms with van der Waals surface area (Å²) in [6.45, 7) is 2.06. The van der Waals surface area contributed by atoms with Crippen molar-refractivity contribution >= 4 is 55.5 Å². The first kappa shape index (κ1) is 20.5. The molecule has 5 rings (SSSR count). The number of ketones is 1. The van der Waals surface area contributed by atoms with E-state index in [0.29, 0.717) is 5.13 Å². The Morgan fingerprint density at radius 3 is 2.62 bits per heavy atom. The van der Waals surface area contributed by atoms with E-state index in [2.05, 4.69) is 11.9 Å². The third kappa shape index (κ3) is 3.32. The largest absolute Gasteiger partial charge is 0.507 e. The molecular formula is C24H17FN2O3S2. The van der Waals surface area contributed by atoms with Gasteiger partial charge in [0.05, 0.1) is 15.8 Å². The number of hydrogen-bond donors (Lipinski definition) is 1. The minimum Gasteiger partial charge on any atom is -0.507 e. The number of thiophene rings is 1. The van der Waals surface area contributed by atoms with E-state index < -0.39 is 23.5 Å². The monoisotopic (exact) mass is 464 g/mol. The zero-order chi connectivity index (χ0) is 22.4. The molecule has 1 aliphatic heterocycles. The Balaban J connectivity index is 1.69. The topological polar surface area (TPSA) is 70.5 Å². The summed E-state index contributed by atoms with van der Waals surface area (Å²) in [5, 5.41) is 13.2. The molecule has 1 N–H and O–H groups in total. The molecule has 0 unspecified atom stereocenters. The molecule has 2 aromatic heterocycles. The molecule has 1 atom stereocenters. The van der Waals surface area contributed by atoms with Gasteiger partial charge in [0.1, 0.15) is 17.6 Å². The lowest BCUT2D eigenvalue weighted by molar-refractivity contribution is -0.132. The van der Waals surface area contributed by atoms with Gasteiger partial charge in [0, 0.05) is 10.4 Å². The molecule has 0 bridgehead atoms.